The van der Waals surface area contributed by atoms with Crippen molar-refractivity contribution in [2.45, 2.75) is 43.8 Å². The number of carbonyl (C=O) groups is 1. The van der Waals surface area contributed by atoms with Crippen molar-refractivity contribution in [2.75, 3.05) is 4.72 Å². The summed E-state index contributed by atoms with van der Waals surface area (Å²) in [6.07, 6.45) is 2.28. The van der Waals surface area contributed by atoms with Crippen LogP contribution in [0.5, 0.6) is 0 Å². The SMILES string of the molecule is CC(C)(C(=O)O)c1csc(NS(=O)(=O)C2CCC2)n1. The average Bonchev–Trinajstić information content (AvgIpc) is 2.61. The molecule has 0 atom stereocenters. The van der Waals surface area contributed by atoms with Gasteiger partial charge in [0, 0.05) is 5.38 Å². The summed E-state index contributed by atoms with van der Waals surface area (Å²) in [7, 11) is -3.38. The molecule has 0 saturated heterocycles. The Morgan fingerprint density at radius 1 is 1.53 bits per heavy atom. The van der Waals surface area contributed by atoms with Gasteiger partial charge in [-0.15, -0.1) is 11.3 Å². The van der Waals surface area contributed by atoms with Crippen LogP contribution in [0.2, 0.25) is 0 Å². The van der Waals surface area contributed by atoms with Gasteiger partial charge in [-0.05, 0) is 26.7 Å². The van der Waals surface area contributed by atoms with Crippen molar-refractivity contribution in [1.29, 1.82) is 0 Å². The smallest absolute Gasteiger partial charge is 0.315 e. The van der Waals surface area contributed by atoms with Crippen molar-refractivity contribution >= 4 is 32.5 Å². The average molecular weight is 304 g/mol. The van der Waals surface area contributed by atoms with E-state index >= 15 is 0 Å². The first-order valence-electron chi connectivity index (χ1n) is 5.94. The van der Waals surface area contributed by atoms with E-state index in [1.807, 2.05) is 0 Å². The van der Waals surface area contributed by atoms with Gasteiger partial charge < -0.3 is 5.11 Å². The summed E-state index contributed by atoms with van der Waals surface area (Å²) in [5, 5.41) is 10.6. The molecular formula is C11H16N2O4S2. The quantitative estimate of drug-likeness (QED) is 0.864. The lowest BCUT2D eigenvalue weighted by atomic mass is 9.91. The van der Waals surface area contributed by atoms with Crippen LogP contribution >= 0.6 is 11.3 Å². The number of carboxylic acid groups (broad SMARTS) is 1. The third kappa shape index (κ3) is 2.74. The van der Waals surface area contributed by atoms with E-state index in [0.29, 0.717) is 18.5 Å². The third-order valence-electron chi connectivity index (χ3n) is 3.40. The lowest BCUT2D eigenvalue weighted by Crippen LogP contribution is -2.33. The number of nitrogens with one attached hydrogen (secondary N) is 1. The Morgan fingerprint density at radius 3 is 2.63 bits per heavy atom. The Balaban J connectivity index is 2.16. The molecule has 19 heavy (non-hydrogen) atoms. The van der Waals surface area contributed by atoms with Gasteiger partial charge in [0.1, 0.15) is 5.41 Å². The van der Waals surface area contributed by atoms with E-state index in [2.05, 4.69) is 9.71 Å². The van der Waals surface area contributed by atoms with Crippen LogP contribution in [-0.2, 0) is 20.2 Å². The molecule has 6 nitrogen and oxygen atoms in total. The lowest BCUT2D eigenvalue weighted by molar-refractivity contribution is -0.142. The van der Waals surface area contributed by atoms with Crippen molar-refractivity contribution in [3.05, 3.63) is 11.1 Å². The van der Waals surface area contributed by atoms with E-state index < -0.39 is 21.4 Å². The number of hydrogen-bond donors (Lipinski definition) is 2. The maximum absolute atomic E-state index is 11.9. The minimum atomic E-state index is -3.38. The number of aromatic nitrogens is 1. The molecule has 0 spiro atoms. The number of hydrogen-bond acceptors (Lipinski definition) is 5. The molecule has 1 aliphatic carbocycles. The van der Waals surface area contributed by atoms with Gasteiger partial charge in [-0.3, -0.25) is 9.52 Å². The molecule has 1 saturated carbocycles. The second-order valence-electron chi connectivity index (χ2n) is 5.17. The number of sulfonamides is 1. The number of thiazole rings is 1. The zero-order valence-electron chi connectivity index (χ0n) is 10.7. The number of anilines is 1. The highest BCUT2D eigenvalue weighted by Gasteiger charge is 2.34. The van der Waals surface area contributed by atoms with E-state index in [4.69, 9.17) is 5.11 Å². The van der Waals surface area contributed by atoms with Gasteiger partial charge in [0.25, 0.3) is 0 Å². The zero-order chi connectivity index (χ0) is 14.3. The first-order valence-corrected chi connectivity index (χ1v) is 8.37. The fourth-order valence-corrected chi connectivity index (χ4v) is 4.28. The summed E-state index contributed by atoms with van der Waals surface area (Å²) in [6.45, 7) is 3.07. The fourth-order valence-electron chi connectivity index (χ4n) is 1.60. The van der Waals surface area contributed by atoms with Crippen LogP contribution in [0.1, 0.15) is 38.8 Å². The van der Waals surface area contributed by atoms with Crippen LogP contribution in [0, 0.1) is 0 Å². The van der Waals surface area contributed by atoms with E-state index in [1.165, 1.54) is 13.8 Å². The van der Waals surface area contributed by atoms with E-state index in [0.717, 1.165) is 17.8 Å². The fraction of sp³-hybridized carbons (Fsp3) is 0.636. The van der Waals surface area contributed by atoms with Gasteiger partial charge in [0.2, 0.25) is 10.0 Å². The summed E-state index contributed by atoms with van der Waals surface area (Å²) in [4.78, 5) is 15.2. The van der Waals surface area contributed by atoms with Gasteiger partial charge in [0.15, 0.2) is 5.13 Å². The van der Waals surface area contributed by atoms with Gasteiger partial charge in [-0.25, -0.2) is 13.4 Å². The monoisotopic (exact) mass is 304 g/mol. The second-order valence-corrected chi connectivity index (χ2v) is 7.99. The molecule has 0 amide bonds. The molecule has 0 radical (unpaired) electrons. The first kappa shape index (κ1) is 14.3. The van der Waals surface area contributed by atoms with Crippen LogP contribution in [0.4, 0.5) is 5.13 Å². The third-order valence-corrected chi connectivity index (χ3v) is 6.11. The molecule has 1 aromatic heterocycles. The van der Waals surface area contributed by atoms with Gasteiger partial charge in [-0.1, -0.05) is 6.42 Å². The molecular weight excluding hydrogens is 288 g/mol. The number of aliphatic carboxylic acids is 1. The molecule has 1 heterocycles. The molecule has 1 aliphatic rings. The van der Waals surface area contributed by atoms with E-state index in [-0.39, 0.29) is 10.4 Å². The number of nitrogens with zero attached hydrogens (tertiary/aromatic N) is 1. The van der Waals surface area contributed by atoms with Gasteiger partial charge in [-0.2, -0.15) is 0 Å². The summed E-state index contributed by atoms with van der Waals surface area (Å²) < 4.78 is 26.3. The van der Waals surface area contributed by atoms with Crippen molar-refractivity contribution in [2.24, 2.45) is 0 Å². The molecule has 0 unspecified atom stereocenters. The predicted molar refractivity (Wildman–Crippen MR) is 73.0 cm³/mol. The standard InChI is InChI=1S/C11H16N2O4S2/c1-11(2,9(14)15)8-6-18-10(12-8)13-19(16,17)7-4-3-5-7/h6-7H,3-5H2,1-2H3,(H,12,13)(H,14,15). The molecule has 1 fully saturated rings. The molecule has 2 N–H and O–H groups in total. The zero-order valence-corrected chi connectivity index (χ0v) is 12.3. The summed E-state index contributed by atoms with van der Waals surface area (Å²) in [6, 6.07) is 0. The van der Waals surface area contributed by atoms with E-state index in [9.17, 15) is 13.2 Å². The highest BCUT2D eigenvalue weighted by atomic mass is 32.2. The predicted octanol–water partition coefficient (Wildman–Crippen LogP) is 1.80. The topological polar surface area (TPSA) is 96.4 Å². The van der Waals surface area contributed by atoms with Gasteiger partial charge >= 0.3 is 5.97 Å². The summed E-state index contributed by atoms with van der Waals surface area (Å²) in [5.74, 6) is -0.994. The van der Waals surface area contributed by atoms with Crippen molar-refractivity contribution in [3.8, 4) is 0 Å². The number of carboxylic acids is 1. The van der Waals surface area contributed by atoms with E-state index in [1.54, 1.807) is 5.38 Å². The minimum Gasteiger partial charge on any atom is -0.481 e. The molecule has 2 rings (SSSR count). The molecule has 8 heteroatoms. The molecule has 106 valence electrons. The maximum Gasteiger partial charge on any atom is 0.315 e. The molecule has 0 aromatic carbocycles. The van der Waals surface area contributed by atoms with Crippen molar-refractivity contribution < 1.29 is 18.3 Å². The molecule has 0 bridgehead atoms. The maximum atomic E-state index is 11.9. The highest BCUT2D eigenvalue weighted by molar-refractivity contribution is 7.93. The highest BCUT2D eigenvalue weighted by Crippen LogP contribution is 2.31. The van der Waals surface area contributed by atoms with Gasteiger partial charge in [0.05, 0.1) is 10.9 Å². The Morgan fingerprint density at radius 2 is 2.16 bits per heavy atom. The number of rotatable bonds is 5. The Hall–Kier alpha value is -1.15. The van der Waals surface area contributed by atoms with Crippen LogP contribution in [-0.4, -0.2) is 29.7 Å². The normalized spacial score (nSPS) is 16.9. The Labute approximate surface area is 115 Å². The van der Waals surface area contributed by atoms with Crippen LogP contribution < -0.4 is 4.72 Å². The minimum absolute atomic E-state index is 0.233. The van der Waals surface area contributed by atoms with Crippen LogP contribution in [0.25, 0.3) is 0 Å². The molecule has 1 aromatic rings. The Bertz CT molecular complexity index is 588. The Kier molecular flexibility index (Phi) is 3.57. The lowest BCUT2D eigenvalue weighted by Gasteiger charge is -2.24. The van der Waals surface area contributed by atoms with Crippen LogP contribution in [0.15, 0.2) is 5.38 Å². The largest absolute Gasteiger partial charge is 0.481 e. The summed E-state index contributed by atoms with van der Waals surface area (Å²) >= 11 is 1.11. The van der Waals surface area contributed by atoms with Crippen LogP contribution in [0.3, 0.4) is 0 Å². The summed E-state index contributed by atoms with van der Waals surface area (Å²) in [5.41, 5.74) is -0.771. The van der Waals surface area contributed by atoms with Crippen molar-refractivity contribution in [1.82, 2.24) is 4.98 Å². The second kappa shape index (κ2) is 4.75. The first-order chi connectivity index (χ1) is 8.73. The van der Waals surface area contributed by atoms with Crippen molar-refractivity contribution in [3.63, 3.8) is 0 Å². The molecule has 0 aliphatic heterocycles.